The number of aliphatic imine (C=N–C) groups is 1. The fourth-order valence-corrected chi connectivity index (χ4v) is 3.15. The summed E-state index contributed by atoms with van der Waals surface area (Å²) in [5.74, 6) is 2.88. The molecular formula is C20H36IN5O2. The molecule has 160 valence electrons. The van der Waals surface area contributed by atoms with E-state index in [4.69, 9.17) is 4.42 Å². The minimum Gasteiger partial charge on any atom is -0.443 e. The monoisotopic (exact) mass is 505 g/mol. The number of hydrogen-bond acceptors (Lipinski definition) is 4. The Balaban J connectivity index is 0.00000392. The van der Waals surface area contributed by atoms with Crippen LogP contribution in [0.15, 0.2) is 15.6 Å². The summed E-state index contributed by atoms with van der Waals surface area (Å²) >= 11 is 0. The molecule has 1 amide bonds. The average molecular weight is 505 g/mol. The predicted molar refractivity (Wildman–Crippen MR) is 123 cm³/mol. The molecule has 2 rings (SSSR count). The number of guanidine groups is 1. The number of hydrogen-bond donors (Lipinski definition) is 3. The Morgan fingerprint density at radius 3 is 2.50 bits per heavy atom. The molecule has 1 aromatic heterocycles. The minimum absolute atomic E-state index is 0. The largest absolute Gasteiger partial charge is 0.443 e. The van der Waals surface area contributed by atoms with E-state index in [1.807, 2.05) is 6.92 Å². The van der Waals surface area contributed by atoms with E-state index in [1.54, 1.807) is 6.20 Å². The summed E-state index contributed by atoms with van der Waals surface area (Å²) in [4.78, 5) is 20.8. The molecular weight excluding hydrogens is 469 g/mol. The number of nitrogens with zero attached hydrogens (tertiary/aromatic N) is 2. The highest BCUT2D eigenvalue weighted by atomic mass is 127. The van der Waals surface area contributed by atoms with Gasteiger partial charge in [0.25, 0.3) is 0 Å². The summed E-state index contributed by atoms with van der Waals surface area (Å²) in [6.45, 7) is 10.6. The van der Waals surface area contributed by atoms with E-state index in [1.165, 1.54) is 25.7 Å². The molecule has 0 spiro atoms. The Labute approximate surface area is 185 Å². The van der Waals surface area contributed by atoms with Gasteiger partial charge in [-0.25, -0.2) is 9.98 Å². The number of oxazole rings is 1. The van der Waals surface area contributed by atoms with Gasteiger partial charge in [0.05, 0.1) is 6.20 Å². The first-order valence-electron chi connectivity index (χ1n) is 10.1. The number of aromatic nitrogens is 1. The predicted octanol–water partition coefficient (Wildman–Crippen LogP) is 3.34. The summed E-state index contributed by atoms with van der Waals surface area (Å²) < 4.78 is 5.77. The average Bonchev–Trinajstić information content (AvgIpc) is 3.27. The van der Waals surface area contributed by atoms with Crippen molar-refractivity contribution >= 4 is 35.8 Å². The van der Waals surface area contributed by atoms with Crippen LogP contribution in [0.4, 0.5) is 0 Å². The second kappa shape index (κ2) is 12.3. The Bertz CT molecular complexity index is 618. The molecule has 0 radical (unpaired) electrons. The van der Waals surface area contributed by atoms with E-state index in [2.05, 4.69) is 46.7 Å². The number of carbonyl (C=O) groups is 1. The fourth-order valence-electron chi connectivity index (χ4n) is 3.15. The third-order valence-electron chi connectivity index (χ3n) is 4.70. The number of halogens is 1. The van der Waals surface area contributed by atoms with Crippen molar-refractivity contribution in [3.05, 3.63) is 17.8 Å². The highest BCUT2D eigenvalue weighted by Crippen LogP contribution is 2.27. The molecule has 8 heteroatoms. The summed E-state index contributed by atoms with van der Waals surface area (Å²) in [7, 11) is 0. The Morgan fingerprint density at radius 2 is 1.89 bits per heavy atom. The van der Waals surface area contributed by atoms with Crippen LogP contribution < -0.4 is 16.0 Å². The normalized spacial score (nSPS) is 15.2. The zero-order chi connectivity index (χ0) is 19.7. The summed E-state index contributed by atoms with van der Waals surface area (Å²) in [5, 5.41) is 9.41. The van der Waals surface area contributed by atoms with E-state index < -0.39 is 0 Å². The SMILES string of the molecule is CCNC(=NCc1ncc(C(C)(C)C)o1)NCCNC(=O)CC1CCCC1.I. The van der Waals surface area contributed by atoms with Crippen LogP contribution in [0.1, 0.15) is 71.5 Å². The number of amides is 1. The second-order valence-electron chi connectivity index (χ2n) is 8.19. The molecule has 7 nitrogen and oxygen atoms in total. The van der Waals surface area contributed by atoms with Gasteiger partial charge in [-0.2, -0.15) is 0 Å². The van der Waals surface area contributed by atoms with Gasteiger partial charge in [-0.1, -0.05) is 33.6 Å². The lowest BCUT2D eigenvalue weighted by molar-refractivity contribution is -0.121. The quantitative estimate of drug-likeness (QED) is 0.218. The molecule has 0 atom stereocenters. The molecule has 3 N–H and O–H groups in total. The van der Waals surface area contributed by atoms with Gasteiger partial charge in [0, 0.05) is 31.5 Å². The summed E-state index contributed by atoms with van der Waals surface area (Å²) in [6, 6.07) is 0. The van der Waals surface area contributed by atoms with Gasteiger partial charge in [0.2, 0.25) is 11.8 Å². The molecule has 1 aliphatic carbocycles. The molecule has 0 saturated heterocycles. The van der Waals surface area contributed by atoms with Crippen LogP contribution in [0.3, 0.4) is 0 Å². The lowest BCUT2D eigenvalue weighted by Crippen LogP contribution is -2.41. The van der Waals surface area contributed by atoms with Crippen LogP contribution in [0.5, 0.6) is 0 Å². The van der Waals surface area contributed by atoms with E-state index in [0.29, 0.717) is 43.8 Å². The van der Waals surface area contributed by atoms with Gasteiger partial charge in [-0.15, -0.1) is 24.0 Å². The Morgan fingerprint density at radius 1 is 1.21 bits per heavy atom. The fraction of sp³-hybridized carbons (Fsp3) is 0.750. The van der Waals surface area contributed by atoms with Crippen molar-refractivity contribution in [1.29, 1.82) is 0 Å². The lowest BCUT2D eigenvalue weighted by Gasteiger charge is -2.13. The number of rotatable bonds is 8. The highest BCUT2D eigenvalue weighted by molar-refractivity contribution is 14.0. The van der Waals surface area contributed by atoms with E-state index in [-0.39, 0.29) is 35.3 Å². The van der Waals surface area contributed by atoms with Crippen molar-refractivity contribution < 1.29 is 9.21 Å². The van der Waals surface area contributed by atoms with Crippen LogP contribution >= 0.6 is 24.0 Å². The third-order valence-corrected chi connectivity index (χ3v) is 4.70. The van der Waals surface area contributed by atoms with Crippen LogP contribution in [0.25, 0.3) is 0 Å². The molecule has 0 bridgehead atoms. The van der Waals surface area contributed by atoms with Crippen molar-refractivity contribution in [3.8, 4) is 0 Å². The molecule has 1 heterocycles. The van der Waals surface area contributed by atoms with E-state index >= 15 is 0 Å². The number of nitrogens with one attached hydrogen (secondary N) is 3. The Kier molecular flexibility index (Phi) is 10.8. The van der Waals surface area contributed by atoms with Crippen LogP contribution in [0.2, 0.25) is 0 Å². The second-order valence-corrected chi connectivity index (χ2v) is 8.19. The zero-order valence-corrected chi connectivity index (χ0v) is 20.0. The van der Waals surface area contributed by atoms with Crippen LogP contribution in [0, 0.1) is 5.92 Å². The first-order valence-corrected chi connectivity index (χ1v) is 10.1. The molecule has 0 unspecified atom stereocenters. The minimum atomic E-state index is -0.0611. The molecule has 1 aliphatic rings. The van der Waals surface area contributed by atoms with Gasteiger partial charge < -0.3 is 20.4 Å². The van der Waals surface area contributed by atoms with Crippen LogP contribution in [-0.4, -0.2) is 36.5 Å². The topological polar surface area (TPSA) is 91.6 Å². The molecule has 0 aliphatic heterocycles. The summed E-state index contributed by atoms with van der Waals surface area (Å²) in [5.41, 5.74) is -0.0611. The Hall–Kier alpha value is -1.32. The van der Waals surface area contributed by atoms with Crippen molar-refractivity contribution in [1.82, 2.24) is 20.9 Å². The molecule has 1 aromatic rings. The number of carbonyl (C=O) groups excluding carboxylic acids is 1. The smallest absolute Gasteiger partial charge is 0.220 e. The van der Waals surface area contributed by atoms with Crippen molar-refractivity contribution in [2.45, 2.75) is 71.8 Å². The van der Waals surface area contributed by atoms with Gasteiger partial charge in [0.15, 0.2) is 5.96 Å². The van der Waals surface area contributed by atoms with Crippen molar-refractivity contribution in [3.63, 3.8) is 0 Å². The molecule has 28 heavy (non-hydrogen) atoms. The molecule has 1 fully saturated rings. The van der Waals surface area contributed by atoms with E-state index in [9.17, 15) is 4.79 Å². The highest BCUT2D eigenvalue weighted by Gasteiger charge is 2.19. The lowest BCUT2D eigenvalue weighted by atomic mass is 9.94. The zero-order valence-electron chi connectivity index (χ0n) is 17.6. The maximum Gasteiger partial charge on any atom is 0.220 e. The van der Waals surface area contributed by atoms with Gasteiger partial charge in [-0.05, 0) is 25.7 Å². The summed E-state index contributed by atoms with van der Waals surface area (Å²) in [6.07, 6.45) is 7.36. The molecule has 0 aromatic carbocycles. The van der Waals surface area contributed by atoms with E-state index in [0.717, 1.165) is 12.3 Å². The van der Waals surface area contributed by atoms with Crippen molar-refractivity contribution in [2.24, 2.45) is 10.9 Å². The third kappa shape index (κ3) is 8.79. The maximum absolute atomic E-state index is 12.0. The maximum atomic E-state index is 12.0. The molecule has 1 saturated carbocycles. The van der Waals surface area contributed by atoms with Gasteiger partial charge in [-0.3, -0.25) is 4.79 Å². The van der Waals surface area contributed by atoms with Crippen molar-refractivity contribution in [2.75, 3.05) is 19.6 Å². The first-order chi connectivity index (χ1) is 12.9. The van der Waals surface area contributed by atoms with Gasteiger partial charge in [0.1, 0.15) is 12.3 Å². The van der Waals surface area contributed by atoms with Crippen LogP contribution in [-0.2, 0) is 16.8 Å². The first kappa shape index (κ1) is 24.7. The van der Waals surface area contributed by atoms with Gasteiger partial charge >= 0.3 is 0 Å². The standard InChI is InChI=1S/C20H35N5O2.HI/c1-5-21-19(25-14-18-24-13-16(27-18)20(2,3)4)23-11-10-22-17(26)12-15-8-6-7-9-15;/h13,15H,5-12,14H2,1-4H3,(H,22,26)(H2,21,23,25);1H.